The number of benzene rings is 1. The SMILES string of the molecule is Cc1cc(NC(=O)Cc2ccc(S(C)(=O)=O)cc2)no1. The summed E-state index contributed by atoms with van der Waals surface area (Å²) >= 11 is 0. The van der Waals surface area contributed by atoms with Gasteiger partial charge in [0.05, 0.1) is 11.3 Å². The number of rotatable bonds is 4. The largest absolute Gasteiger partial charge is 0.360 e. The maximum Gasteiger partial charge on any atom is 0.230 e. The number of carbonyl (C=O) groups is 1. The number of aryl methyl sites for hydroxylation is 1. The predicted octanol–water partition coefficient (Wildman–Crippen LogP) is 1.57. The Morgan fingerprint density at radius 3 is 2.45 bits per heavy atom. The van der Waals surface area contributed by atoms with Gasteiger partial charge in [-0.05, 0) is 24.6 Å². The Morgan fingerprint density at radius 2 is 1.95 bits per heavy atom. The summed E-state index contributed by atoms with van der Waals surface area (Å²) in [6, 6.07) is 7.81. The summed E-state index contributed by atoms with van der Waals surface area (Å²) in [4.78, 5) is 12.0. The van der Waals surface area contributed by atoms with Gasteiger partial charge in [0, 0.05) is 12.3 Å². The van der Waals surface area contributed by atoms with Crippen molar-refractivity contribution in [1.82, 2.24) is 5.16 Å². The first-order valence-electron chi connectivity index (χ1n) is 5.87. The van der Waals surface area contributed by atoms with Crippen LogP contribution in [0.2, 0.25) is 0 Å². The van der Waals surface area contributed by atoms with Crippen LogP contribution in [0.4, 0.5) is 5.82 Å². The van der Waals surface area contributed by atoms with Crippen LogP contribution < -0.4 is 5.32 Å². The Labute approximate surface area is 116 Å². The average molecular weight is 294 g/mol. The van der Waals surface area contributed by atoms with E-state index in [1.165, 1.54) is 12.1 Å². The third-order valence-electron chi connectivity index (χ3n) is 2.61. The van der Waals surface area contributed by atoms with Crippen LogP contribution >= 0.6 is 0 Å². The zero-order valence-electron chi connectivity index (χ0n) is 11.1. The molecule has 1 amide bonds. The Morgan fingerprint density at radius 1 is 1.30 bits per heavy atom. The summed E-state index contributed by atoms with van der Waals surface area (Å²) in [6.07, 6.45) is 1.28. The predicted molar refractivity (Wildman–Crippen MR) is 73.1 cm³/mol. The quantitative estimate of drug-likeness (QED) is 0.924. The Balaban J connectivity index is 2.01. The van der Waals surface area contributed by atoms with Crippen LogP contribution in [0.3, 0.4) is 0 Å². The first-order valence-corrected chi connectivity index (χ1v) is 7.76. The van der Waals surface area contributed by atoms with E-state index in [0.717, 1.165) is 11.8 Å². The zero-order chi connectivity index (χ0) is 14.8. The lowest BCUT2D eigenvalue weighted by Crippen LogP contribution is -2.14. The molecule has 0 aliphatic heterocycles. The van der Waals surface area contributed by atoms with E-state index < -0.39 is 9.84 Å². The second-order valence-electron chi connectivity index (χ2n) is 4.46. The summed E-state index contributed by atoms with van der Waals surface area (Å²) in [5, 5.41) is 6.25. The number of amides is 1. The molecule has 0 unspecified atom stereocenters. The van der Waals surface area contributed by atoms with Gasteiger partial charge < -0.3 is 9.84 Å². The van der Waals surface area contributed by atoms with Gasteiger partial charge in [0.25, 0.3) is 0 Å². The highest BCUT2D eigenvalue weighted by Gasteiger charge is 2.09. The van der Waals surface area contributed by atoms with Crippen molar-refractivity contribution in [3.8, 4) is 0 Å². The normalized spacial score (nSPS) is 11.3. The van der Waals surface area contributed by atoms with Gasteiger partial charge in [-0.3, -0.25) is 4.79 Å². The summed E-state index contributed by atoms with van der Waals surface area (Å²) < 4.78 is 27.5. The van der Waals surface area contributed by atoms with Crippen molar-refractivity contribution in [3.63, 3.8) is 0 Å². The average Bonchev–Trinajstić information content (AvgIpc) is 2.74. The molecule has 0 bridgehead atoms. The maximum absolute atomic E-state index is 11.8. The van der Waals surface area contributed by atoms with Gasteiger partial charge in [-0.1, -0.05) is 17.3 Å². The van der Waals surface area contributed by atoms with Crippen LogP contribution in [-0.4, -0.2) is 25.7 Å². The molecule has 1 N–H and O–H groups in total. The lowest BCUT2D eigenvalue weighted by atomic mass is 10.1. The van der Waals surface area contributed by atoms with Crippen LogP contribution in [0, 0.1) is 6.92 Å². The van der Waals surface area contributed by atoms with E-state index >= 15 is 0 Å². The van der Waals surface area contributed by atoms with E-state index in [1.807, 2.05) is 0 Å². The van der Waals surface area contributed by atoms with Crippen LogP contribution in [0.1, 0.15) is 11.3 Å². The molecular weight excluding hydrogens is 280 g/mol. The minimum absolute atomic E-state index is 0.135. The van der Waals surface area contributed by atoms with E-state index in [0.29, 0.717) is 11.6 Å². The van der Waals surface area contributed by atoms with Crippen LogP contribution in [0.5, 0.6) is 0 Å². The van der Waals surface area contributed by atoms with Crippen molar-refractivity contribution in [2.45, 2.75) is 18.2 Å². The first kappa shape index (κ1) is 14.3. The Kier molecular flexibility index (Phi) is 3.89. The Bertz CT molecular complexity index is 717. The monoisotopic (exact) mass is 294 g/mol. The fourth-order valence-electron chi connectivity index (χ4n) is 1.65. The minimum Gasteiger partial charge on any atom is -0.360 e. The number of aromatic nitrogens is 1. The molecule has 20 heavy (non-hydrogen) atoms. The molecule has 7 heteroatoms. The molecule has 106 valence electrons. The van der Waals surface area contributed by atoms with E-state index in [4.69, 9.17) is 4.52 Å². The molecule has 0 aliphatic carbocycles. The van der Waals surface area contributed by atoms with Crippen molar-refractivity contribution in [2.24, 2.45) is 0 Å². The van der Waals surface area contributed by atoms with E-state index in [-0.39, 0.29) is 17.2 Å². The number of nitrogens with one attached hydrogen (secondary N) is 1. The Hall–Kier alpha value is -2.15. The minimum atomic E-state index is -3.22. The van der Waals surface area contributed by atoms with Gasteiger partial charge in [-0.2, -0.15) is 0 Å². The van der Waals surface area contributed by atoms with Crippen molar-refractivity contribution >= 4 is 21.6 Å². The lowest BCUT2D eigenvalue weighted by Gasteiger charge is -2.03. The van der Waals surface area contributed by atoms with Crippen molar-refractivity contribution in [3.05, 3.63) is 41.7 Å². The van der Waals surface area contributed by atoms with Crippen LogP contribution in [0.25, 0.3) is 0 Å². The molecule has 0 spiro atoms. The summed E-state index contributed by atoms with van der Waals surface area (Å²) in [5.41, 5.74) is 0.718. The lowest BCUT2D eigenvalue weighted by molar-refractivity contribution is -0.115. The molecule has 2 rings (SSSR count). The third kappa shape index (κ3) is 3.67. The highest BCUT2D eigenvalue weighted by molar-refractivity contribution is 7.90. The smallest absolute Gasteiger partial charge is 0.230 e. The molecule has 6 nitrogen and oxygen atoms in total. The van der Waals surface area contributed by atoms with Gasteiger partial charge in [0.1, 0.15) is 5.76 Å². The van der Waals surface area contributed by atoms with Crippen LogP contribution in [0.15, 0.2) is 39.8 Å². The summed E-state index contributed by atoms with van der Waals surface area (Å²) in [6.45, 7) is 1.73. The zero-order valence-corrected chi connectivity index (χ0v) is 11.9. The van der Waals surface area contributed by atoms with Crippen molar-refractivity contribution in [1.29, 1.82) is 0 Å². The fraction of sp³-hybridized carbons (Fsp3) is 0.231. The molecule has 0 saturated heterocycles. The van der Waals surface area contributed by atoms with Gasteiger partial charge in [-0.15, -0.1) is 0 Å². The van der Waals surface area contributed by atoms with Gasteiger partial charge >= 0.3 is 0 Å². The molecule has 1 aromatic heterocycles. The molecule has 0 radical (unpaired) electrons. The fourth-order valence-corrected chi connectivity index (χ4v) is 2.28. The molecule has 1 heterocycles. The molecule has 0 aliphatic rings. The summed E-state index contributed by atoms with van der Waals surface area (Å²) in [5.74, 6) is 0.725. The number of carbonyl (C=O) groups excluding carboxylic acids is 1. The van der Waals surface area contributed by atoms with Gasteiger partial charge in [-0.25, -0.2) is 8.42 Å². The second kappa shape index (κ2) is 5.46. The van der Waals surface area contributed by atoms with E-state index in [1.54, 1.807) is 25.1 Å². The number of nitrogens with zero attached hydrogens (tertiary/aromatic N) is 1. The number of anilines is 1. The molecule has 0 fully saturated rings. The standard InChI is InChI=1S/C13H14N2O4S/c1-9-7-12(15-19-9)14-13(16)8-10-3-5-11(6-4-10)20(2,17)18/h3-7H,8H2,1-2H3,(H,14,15,16). The van der Waals surface area contributed by atoms with Gasteiger partial charge in [0.2, 0.25) is 5.91 Å². The van der Waals surface area contributed by atoms with Gasteiger partial charge in [0.15, 0.2) is 15.7 Å². The topological polar surface area (TPSA) is 89.3 Å². The van der Waals surface area contributed by atoms with Crippen molar-refractivity contribution in [2.75, 3.05) is 11.6 Å². The molecule has 0 atom stereocenters. The van der Waals surface area contributed by atoms with Crippen LogP contribution in [-0.2, 0) is 21.1 Å². The highest BCUT2D eigenvalue weighted by Crippen LogP contribution is 2.12. The maximum atomic E-state index is 11.8. The summed E-state index contributed by atoms with van der Waals surface area (Å²) in [7, 11) is -3.22. The number of sulfone groups is 1. The third-order valence-corrected chi connectivity index (χ3v) is 3.74. The van der Waals surface area contributed by atoms with E-state index in [2.05, 4.69) is 10.5 Å². The second-order valence-corrected chi connectivity index (χ2v) is 6.48. The molecular formula is C13H14N2O4S. The molecule has 0 saturated carbocycles. The molecule has 2 aromatic rings. The van der Waals surface area contributed by atoms with E-state index in [9.17, 15) is 13.2 Å². The number of hydrogen-bond acceptors (Lipinski definition) is 5. The number of hydrogen-bond donors (Lipinski definition) is 1. The van der Waals surface area contributed by atoms with Crippen molar-refractivity contribution < 1.29 is 17.7 Å². The molecule has 1 aromatic carbocycles. The first-order chi connectivity index (χ1) is 9.34. The highest BCUT2D eigenvalue weighted by atomic mass is 32.2.